The van der Waals surface area contributed by atoms with Gasteiger partial charge in [0.2, 0.25) is 0 Å². The molecule has 0 aliphatic heterocycles. The molecule has 0 radical (unpaired) electrons. The Hall–Kier alpha value is -2.90. The van der Waals surface area contributed by atoms with Gasteiger partial charge in [0.1, 0.15) is 20.0 Å². The molecule has 0 heterocycles. The maximum Gasteiger partial charge on any atom is 0.269 e. The summed E-state index contributed by atoms with van der Waals surface area (Å²) in [5.41, 5.74) is -0.755. The van der Waals surface area contributed by atoms with Gasteiger partial charge in [-0.3, -0.25) is 20.2 Å². The summed E-state index contributed by atoms with van der Waals surface area (Å²) >= 11 is 0. The van der Waals surface area contributed by atoms with Gasteiger partial charge in [-0.1, -0.05) is 0 Å². The van der Waals surface area contributed by atoms with E-state index in [9.17, 15) is 37.1 Å². The first-order chi connectivity index (χ1) is 11.5. The third-order valence-electron chi connectivity index (χ3n) is 2.89. The zero-order valence-electron chi connectivity index (χ0n) is 12.0. The molecule has 0 unspecified atom stereocenters. The van der Waals surface area contributed by atoms with E-state index in [1.165, 1.54) is 0 Å². The minimum Gasteiger partial charge on any atom is -0.428 e. The van der Waals surface area contributed by atoms with Gasteiger partial charge < -0.3 is 4.13 Å². The van der Waals surface area contributed by atoms with E-state index in [-0.39, 0.29) is 11.4 Å². The van der Waals surface area contributed by atoms with Crippen molar-refractivity contribution in [2.75, 3.05) is 0 Å². The van der Waals surface area contributed by atoms with Crippen LogP contribution in [0.2, 0.25) is 0 Å². The topological polar surface area (TPSA) is 169 Å². The Morgan fingerprint density at radius 1 is 0.640 bits per heavy atom. The molecule has 11 nitrogen and oxygen atoms in total. The number of hydrogen-bond acceptors (Lipinski definition) is 8. The van der Waals surface area contributed by atoms with Crippen LogP contribution < -0.4 is 0 Å². The van der Waals surface area contributed by atoms with Gasteiger partial charge >= 0.3 is 0 Å². The van der Waals surface area contributed by atoms with Crippen molar-refractivity contribution in [3.8, 4) is 0 Å². The summed E-state index contributed by atoms with van der Waals surface area (Å²) in [7, 11) is -9.31. The minimum absolute atomic E-state index is 0.378. The van der Waals surface area contributed by atoms with Crippen LogP contribution in [0.4, 0.5) is 11.4 Å². The van der Waals surface area contributed by atoms with Gasteiger partial charge in [0.15, 0.2) is 0 Å². The molecular weight excluding hydrogens is 378 g/mol. The van der Waals surface area contributed by atoms with Gasteiger partial charge in [0, 0.05) is 34.1 Å². The molecule has 0 atom stereocenters. The number of benzene rings is 2. The van der Waals surface area contributed by atoms with Crippen LogP contribution in [0.5, 0.6) is 0 Å². The molecule has 0 saturated heterocycles. The molecule has 0 aromatic heterocycles. The van der Waals surface area contributed by atoms with Crippen LogP contribution in [0, 0.1) is 20.2 Å². The zero-order valence-corrected chi connectivity index (χ0v) is 13.7. The Labute approximate surface area is 141 Å². The van der Waals surface area contributed by atoms with Crippen LogP contribution in [0.15, 0.2) is 58.3 Å². The van der Waals surface area contributed by atoms with Crippen LogP contribution >= 0.6 is 0 Å². The predicted octanol–water partition coefficient (Wildman–Crippen LogP) is 1.95. The fourth-order valence-electron chi connectivity index (χ4n) is 1.69. The van der Waals surface area contributed by atoms with Crippen LogP contribution in [0.3, 0.4) is 0 Å². The highest BCUT2D eigenvalue weighted by molar-refractivity contribution is 8.12. The van der Waals surface area contributed by atoms with Gasteiger partial charge in [-0.05, 0) is 24.3 Å². The largest absolute Gasteiger partial charge is 0.428 e. The Bertz CT molecular complexity index is 943. The number of hydrogen-bond donors (Lipinski definition) is 0. The highest BCUT2D eigenvalue weighted by Gasteiger charge is 2.16. The van der Waals surface area contributed by atoms with Gasteiger partial charge in [0.05, 0.1) is 9.85 Å². The highest BCUT2D eigenvalue weighted by Crippen LogP contribution is 2.27. The van der Waals surface area contributed by atoms with E-state index in [0.717, 1.165) is 48.5 Å². The highest BCUT2D eigenvalue weighted by atomic mass is 32.3. The van der Waals surface area contributed by atoms with Crippen molar-refractivity contribution in [3.63, 3.8) is 0 Å². The molecule has 0 spiro atoms. The fraction of sp³-hybridized carbons (Fsp3) is 0. The molecule has 0 bridgehead atoms. The predicted molar refractivity (Wildman–Crippen MR) is 83.9 cm³/mol. The summed E-state index contributed by atoms with van der Waals surface area (Å²) in [6.45, 7) is 0. The average molecular weight is 386 g/mol. The second kappa shape index (κ2) is 6.54. The van der Waals surface area contributed by atoms with Crippen molar-refractivity contribution in [2.24, 2.45) is 0 Å². The van der Waals surface area contributed by atoms with Crippen molar-refractivity contribution in [1.29, 1.82) is 0 Å². The molecule has 0 aliphatic rings. The molecule has 0 amide bonds. The first kappa shape index (κ1) is 18.4. The summed E-state index contributed by atoms with van der Waals surface area (Å²) in [4.78, 5) is 18.5. The average Bonchev–Trinajstić information content (AvgIpc) is 2.54. The number of non-ortho nitro benzene ring substituents is 2. The summed E-state index contributed by atoms with van der Waals surface area (Å²) in [5, 5.41) is 21.1. The second-order valence-corrected chi connectivity index (χ2v) is 7.97. The van der Waals surface area contributed by atoms with Crippen molar-refractivity contribution < 1.29 is 26.7 Å². The van der Waals surface area contributed by atoms with Gasteiger partial charge in [-0.2, -0.15) is 0 Å². The van der Waals surface area contributed by atoms with E-state index in [2.05, 4.69) is 4.13 Å². The van der Waals surface area contributed by atoms with Crippen LogP contribution in [0.25, 0.3) is 4.13 Å². The third kappa shape index (κ3) is 4.14. The van der Waals surface area contributed by atoms with Gasteiger partial charge in [0.25, 0.3) is 11.4 Å². The molecule has 0 N–H and O–H groups in total. The Balaban J connectivity index is 2.31. The summed E-state index contributed by atoms with van der Waals surface area (Å²) in [6.07, 6.45) is 0. The van der Waals surface area contributed by atoms with Crippen LogP contribution in [0.1, 0.15) is 0 Å². The molecule has 13 heteroatoms. The van der Waals surface area contributed by atoms with Gasteiger partial charge in [-0.25, -0.2) is 16.8 Å². The SMILES string of the molecule is O=[N+]([O-])c1ccc(S(=O)(=O)[N-]S(=O)(=O)c2ccc([N+](=O)[O-])cc2)cc1. The third-order valence-corrected chi connectivity index (χ3v) is 6.19. The zero-order chi connectivity index (χ0) is 18.8. The standard InChI is InChI=1S/C12H8N3O8S2/c16-14(17)9-1-5-11(6-2-9)24(20,21)13-25(22,23)12-7-3-10(4-8-12)15(18)19/h1-8H/q-1. The summed E-state index contributed by atoms with van der Waals surface area (Å²) in [6, 6.07) is 6.96. The maximum atomic E-state index is 12.1. The lowest BCUT2D eigenvalue weighted by Crippen LogP contribution is -2.08. The summed E-state index contributed by atoms with van der Waals surface area (Å²) < 4.78 is 51.0. The Morgan fingerprint density at radius 2 is 0.920 bits per heavy atom. The molecule has 0 saturated carbocycles. The first-order valence-corrected chi connectivity index (χ1v) is 9.14. The van der Waals surface area contributed by atoms with E-state index in [1.807, 2.05) is 0 Å². The minimum atomic E-state index is -4.65. The molecule has 2 aromatic rings. The van der Waals surface area contributed by atoms with Crippen molar-refractivity contribution >= 4 is 31.4 Å². The monoisotopic (exact) mass is 386 g/mol. The van der Waals surface area contributed by atoms with Crippen molar-refractivity contribution in [3.05, 3.63) is 72.9 Å². The second-order valence-electron chi connectivity index (χ2n) is 4.53. The molecular formula is C12H8N3O8S2-. The lowest BCUT2D eigenvalue weighted by atomic mass is 10.3. The molecule has 0 fully saturated rings. The normalized spacial score (nSPS) is 11.8. The van der Waals surface area contributed by atoms with E-state index in [0.29, 0.717) is 0 Å². The van der Waals surface area contributed by atoms with E-state index >= 15 is 0 Å². The quantitative estimate of drug-likeness (QED) is 0.536. The van der Waals surface area contributed by atoms with Crippen molar-refractivity contribution in [1.82, 2.24) is 0 Å². The van der Waals surface area contributed by atoms with Crippen LogP contribution in [-0.2, 0) is 20.0 Å². The number of nitro benzene ring substituents is 2. The number of sulfonamides is 2. The lowest BCUT2D eigenvalue weighted by molar-refractivity contribution is -0.385. The fourth-order valence-corrected chi connectivity index (χ4v) is 4.38. The Morgan fingerprint density at radius 3 is 1.16 bits per heavy atom. The lowest BCUT2D eigenvalue weighted by Gasteiger charge is -2.20. The molecule has 25 heavy (non-hydrogen) atoms. The first-order valence-electron chi connectivity index (χ1n) is 6.26. The maximum absolute atomic E-state index is 12.1. The molecule has 2 aromatic carbocycles. The summed E-state index contributed by atoms with van der Waals surface area (Å²) in [5.74, 6) is 0. The van der Waals surface area contributed by atoms with E-state index < -0.39 is 39.7 Å². The molecule has 132 valence electrons. The smallest absolute Gasteiger partial charge is 0.269 e. The number of nitro groups is 2. The Kier molecular flexibility index (Phi) is 4.82. The van der Waals surface area contributed by atoms with Gasteiger partial charge in [-0.15, -0.1) is 0 Å². The van der Waals surface area contributed by atoms with Crippen LogP contribution in [-0.4, -0.2) is 26.7 Å². The number of nitrogens with zero attached hydrogens (tertiary/aromatic N) is 3. The van der Waals surface area contributed by atoms with E-state index in [4.69, 9.17) is 0 Å². The molecule has 0 aliphatic carbocycles. The van der Waals surface area contributed by atoms with Crippen molar-refractivity contribution in [2.45, 2.75) is 9.79 Å². The van der Waals surface area contributed by atoms with E-state index in [1.54, 1.807) is 0 Å². The number of rotatable bonds is 6. The molecule has 2 rings (SSSR count).